The third-order valence-electron chi connectivity index (χ3n) is 1.60. The Morgan fingerprint density at radius 1 is 1.40 bits per heavy atom. The number of rotatable bonds is 9. The summed E-state index contributed by atoms with van der Waals surface area (Å²) in [7, 11) is 0. The van der Waals surface area contributed by atoms with Gasteiger partial charge in [-0.1, -0.05) is 22.6 Å². The highest BCUT2D eigenvalue weighted by Gasteiger charge is 2.04. The van der Waals surface area contributed by atoms with Gasteiger partial charge in [-0.3, -0.25) is 4.79 Å². The molecule has 15 heavy (non-hydrogen) atoms. The molecule has 0 aliphatic carbocycles. The summed E-state index contributed by atoms with van der Waals surface area (Å²) in [5, 5.41) is 2.70. The first-order chi connectivity index (χ1) is 7.16. The smallest absolute Gasteiger partial charge is 0.261 e. The molecule has 0 aromatic heterocycles. The largest absolute Gasteiger partial charge is 0.375 e. The maximum Gasteiger partial charge on any atom is 0.261 e. The van der Waals surface area contributed by atoms with E-state index in [9.17, 15) is 13.6 Å². The van der Waals surface area contributed by atoms with E-state index in [0.29, 0.717) is 6.54 Å². The van der Waals surface area contributed by atoms with Gasteiger partial charge in [-0.05, 0) is 17.3 Å². The molecule has 0 fully saturated rings. The Morgan fingerprint density at radius 3 is 2.73 bits per heavy atom. The summed E-state index contributed by atoms with van der Waals surface area (Å²) >= 11 is 2.27. The number of hydrogen-bond acceptors (Lipinski definition) is 2. The molecule has 0 saturated carbocycles. The second-order valence-corrected chi connectivity index (χ2v) is 4.04. The minimum atomic E-state index is -2.46. The van der Waals surface area contributed by atoms with Gasteiger partial charge >= 0.3 is 0 Å². The third kappa shape index (κ3) is 11.9. The molecular formula is C9H16F2INO2. The van der Waals surface area contributed by atoms with Crippen LogP contribution in [-0.2, 0) is 9.53 Å². The number of carbonyl (C=O) groups is 1. The van der Waals surface area contributed by atoms with Crippen LogP contribution in [-0.4, -0.2) is 36.5 Å². The molecule has 0 atom stereocenters. The molecule has 1 N–H and O–H groups in total. The Labute approximate surface area is 102 Å². The van der Waals surface area contributed by atoms with E-state index < -0.39 is 13.0 Å². The molecule has 3 nitrogen and oxygen atoms in total. The molecule has 1 amide bonds. The van der Waals surface area contributed by atoms with Gasteiger partial charge in [0.1, 0.15) is 6.61 Å². The zero-order chi connectivity index (χ0) is 11.5. The number of alkyl halides is 3. The van der Waals surface area contributed by atoms with Crippen LogP contribution in [0.25, 0.3) is 0 Å². The van der Waals surface area contributed by atoms with Gasteiger partial charge in [0.15, 0.2) is 0 Å². The van der Waals surface area contributed by atoms with Crippen LogP contribution < -0.4 is 5.32 Å². The van der Waals surface area contributed by atoms with Gasteiger partial charge in [0.25, 0.3) is 6.43 Å². The summed E-state index contributed by atoms with van der Waals surface area (Å²) in [5.74, 6) is -0.141. The molecular weight excluding hydrogens is 319 g/mol. The second kappa shape index (κ2) is 10.5. The SMILES string of the molecule is O=C(CCOCC(F)F)NCCCCI. The molecule has 0 aromatic carbocycles. The van der Waals surface area contributed by atoms with Gasteiger partial charge in [-0.15, -0.1) is 0 Å². The van der Waals surface area contributed by atoms with Crippen LogP contribution in [0.5, 0.6) is 0 Å². The lowest BCUT2D eigenvalue weighted by atomic mass is 10.3. The Morgan fingerprint density at radius 2 is 2.13 bits per heavy atom. The quantitative estimate of drug-likeness (QED) is 0.398. The molecule has 0 spiro atoms. The van der Waals surface area contributed by atoms with Crippen molar-refractivity contribution in [2.75, 3.05) is 24.2 Å². The lowest BCUT2D eigenvalue weighted by Crippen LogP contribution is -2.25. The molecule has 0 aliphatic rings. The van der Waals surface area contributed by atoms with Crippen molar-refractivity contribution in [3.63, 3.8) is 0 Å². The zero-order valence-electron chi connectivity index (χ0n) is 8.48. The second-order valence-electron chi connectivity index (χ2n) is 2.96. The van der Waals surface area contributed by atoms with Crippen molar-refractivity contribution in [2.45, 2.75) is 25.7 Å². The summed E-state index contributed by atoms with van der Waals surface area (Å²) in [6.45, 7) is 0.112. The van der Waals surface area contributed by atoms with Gasteiger partial charge in [0.05, 0.1) is 6.61 Å². The normalized spacial score (nSPS) is 10.7. The van der Waals surface area contributed by atoms with Crippen molar-refractivity contribution in [1.29, 1.82) is 0 Å². The summed E-state index contributed by atoms with van der Waals surface area (Å²) in [5.41, 5.74) is 0. The summed E-state index contributed by atoms with van der Waals surface area (Å²) in [6, 6.07) is 0. The lowest BCUT2D eigenvalue weighted by Gasteiger charge is -2.05. The van der Waals surface area contributed by atoms with Crippen LogP contribution in [0.2, 0.25) is 0 Å². The van der Waals surface area contributed by atoms with E-state index in [0.717, 1.165) is 17.3 Å². The molecule has 6 heteroatoms. The summed E-state index contributed by atoms with van der Waals surface area (Å²) in [6.07, 6.45) is -0.289. The predicted octanol–water partition coefficient (Wildman–Crippen LogP) is 1.99. The first kappa shape index (κ1) is 15.0. The fraction of sp³-hybridized carbons (Fsp3) is 0.889. The minimum Gasteiger partial charge on any atom is -0.375 e. The number of nitrogens with one attached hydrogen (secondary N) is 1. The third-order valence-corrected chi connectivity index (χ3v) is 2.36. The topological polar surface area (TPSA) is 38.3 Å². The van der Waals surface area contributed by atoms with Crippen molar-refractivity contribution in [3.8, 4) is 0 Å². The van der Waals surface area contributed by atoms with Crippen molar-refractivity contribution in [1.82, 2.24) is 5.32 Å². The van der Waals surface area contributed by atoms with E-state index in [1.54, 1.807) is 0 Å². The van der Waals surface area contributed by atoms with Gasteiger partial charge in [-0.2, -0.15) is 0 Å². The molecule has 0 aliphatic heterocycles. The Balaban J connectivity index is 3.19. The fourth-order valence-electron chi connectivity index (χ4n) is 0.873. The first-order valence-corrected chi connectivity index (χ1v) is 6.38. The van der Waals surface area contributed by atoms with Crippen LogP contribution in [0.3, 0.4) is 0 Å². The Kier molecular flexibility index (Phi) is 10.5. The van der Waals surface area contributed by atoms with Crippen LogP contribution in [0.1, 0.15) is 19.3 Å². The van der Waals surface area contributed by atoms with Gasteiger partial charge in [-0.25, -0.2) is 8.78 Å². The van der Waals surface area contributed by atoms with Crippen molar-refractivity contribution < 1.29 is 18.3 Å². The highest BCUT2D eigenvalue weighted by Crippen LogP contribution is 1.94. The average Bonchev–Trinajstić information content (AvgIpc) is 2.19. The van der Waals surface area contributed by atoms with Gasteiger partial charge in [0.2, 0.25) is 5.91 Å². The highest BCUT2D eigenvalue weighted by atomic mass is 127. The highest BCUT2D eigenvalue weighted by molar-refractivity contribution is 14.1. The van der Waals surface area contributed by atoms with Crippen LogP contribution in [0.4, 0.5) is 8.78 Å². The van der Waals surface area contributed by atoms with Gasteiger partial charge in [0, 0.05) is 13.0 Å². The number of unbranched alkanes of at least 4 members (excludes halogenated alkanes) is 1. The van der Waals surface area contributed by atoms with Crippen molar-refractivity contribution >= 4 is 28.5 Å². The molecule has 0 aromatic rings. The number of amides is 1. The number of carbonyl (C=O) groups excluding carboxylic acids is 1. The first-order valence-electron chi connectivity index (χ1n) is 4.85. The summed E-state index contributed by atoms with van der Waals surface area (Å²) in [4.78, 5) is 11.1. The maximum absolute atomic E-state index is 11.6. The molecule has 0 heterocycles. The van der Waals surface area contributed by atoms with Crippen molar-refractivity contribution in [3.05, 3.63) is 0 Å². The molecule has 0 unspecified atom stereocenters. The maximum atomic E-state index is 11.6. The van der Waals surface area contributed by atoms with E-state index in [1.165, 1.54) is 0 Å². The van der Waals surface area contributed by atoms with Crippen LogP contribution >= 0.6 is 22.6 Å². The monoisotopic (exact) mass is 335 g/mol. The van der Waals surface area contributed by atoms with E-state index in [-0.39, 0.29) is 18.9 Å². The number of ether oxygens (including phenoxy) is 1. The summed E-state index contributed by atoms with van der Waals surface area (Å²) < 4.78 is 28.9. The Hall–Kier alpha value is 0.0200. The standard InChI is InChI=1S/C9H16F2INO2/c10-8(11)7-15-6-3-9(14)13-5-2-1-4-12/h8H,1-7H2,(H,13,14). The fourth-order valence-corrected chi connectivity index (χ4v) is 1.41. The van der Waals surface area contributed by atoms with Crippen LogP contribution in [0.15, 0.2) is 0 Å². The minimum absolute atomic E-state index is 0.0580. The molecule has 0 radical (unpaired) electrons. The van der Waals surface area contributed by atoms with Crippen LogP contribution in [0, 0.1) is 0 Å². The predicted molar refractivity (Wildman–Crippen MR) is 62.6 cm³/mol. The van der Waals surface area contributed by atoms with E-state index >= 15 is 0 Å². The van der Waals surface area contributed by atoms with E-state index in [4.69, 9.17) is 0 Å². The van der Waals surface area contributed by atoms with E-state index in [1.807, 2.05) is 0 Å². The van der Waals surface area contributed by atoms with Gasteiger partial charge < -0.3 is 10.1 Å². The number of hydrogen-bond donors (Lipinski definition) is 1. The van der Waals surface area contributed by atoms with E-state index in [2.05, 4.69) is 32.6 Å². The zero-order valence-corrected chi connectivity index (χ0v) is 10.6. The Bertz CT molecular complexity index is 170. The molecule has 90 valence electrons. The number of halogens is 3. The molecule has 0 saturated heterocycles. The lowest BCUT2D eigenvalue weighted by molar-refractivity contribution is -0.122. The average molecular weight is 335 g/mol. The molecule has 0 rings (SSSR count). The molecule has 0 bridgehead atoms. The van der Waals surface area contributed by atoms with Crippen molar-refractivity contribution in [2.24, 2.45) is 0 Å².